The Bertz CT molecular complexity index is 462. The van der Waals surface area contributed by atoms with Crippen molar-refractivity contribution in [2.24, 2.45) is 0 Å². The van der Waals surface area contributed by atoms with Crippen molar-refractivity contribution in [1.29, 1.82) is 0 Å². The van der Waals surface area contributed by atoms with Gasteiger partial charge in [0.05, 0.1) is 6.26 Å². The van der Waals surface area contributed by atoms with Crippen LogP contribution in [0.4, 0.5) is 0 Å². The SMILES string of the molecule is CCNC(=O)C1(NC(=O)CCc2ccco2)CCCCC1. The van der Waals surface area contributed by atoms with E-state index in [0.717, 1.165) is 37.9 Å². The number of furan rings is 1. The number of hydrogen-bond donors (Lipinski definition) is 2. The lowest BCUT2D eigenvalue weighted by Gasteiger charge is -2.36. The highest BCUT2D eigenvalue weighted by Gasteiger charge is 2.40. The first kappa shape index (κ1) is 15.6. The van der Waals surface area contributed by atoms with Gasteiger partial charge >= 0.3 is 0 Å². The number of amides is 2. The van der Waals surface area contributed by atoms with Gasteiger partial charge in [-0.05, 0) is 31.9 Å². The Labute approximate surface area is 125 Å². The number of hydrogen-bond acceptors (Lipinski definition) is 3. The van der Waals surface area contributed by atoms with Gasteiger partial charge in [-0.3, -0.25) is 9.59 Å². The van der Waals surface area contributed by atoms with Gasteiger partial charge in [-0.15, -0.1) is 0 Å². The highest BCUT2D eigenvalue weighted by Crippen LogP contribution is 2.28. The summed E-state index contributed by atoms with van der Waals surface area (Å²) in [5.41, 5.74) is -0.714. The monoisotopic (exact) mass is 292 g/mol. The predicted molar refractivity (Wildman–Crippen MR) is 79.7 cm³/mol. The van der Waals surface area contributed by atoms with E-state index in [1.807, 2.05) is 19.1 Å². The molecule has 0 aromatic carbocycles. The molecule has 5 nitrogen and oxygen atoms in total. The fourth-order valence-electron chi connectivity index (χ4n) is 2.91. The molecule has 1 aliphatic rings. The van der Waals surface area contributed by atoms with E-state index in [0.29, 0.717) is 19.4 Å². The maximum Gasteiger partial charge on any atom is 0.245 e. The fraction of sp³-hybridized carbons (Fsp3) is 0.625. The summed E-state index contributed by atoms with van der Waals surface area (Å²) in [7, 11) is 0. The van der Waals surface area contributed by atoms with E-state index in [9.17, 15) is 9.59 Å². The van der Waals surface area contributed by atoms with Crippen LogP contribution in [0.3, 0.4) is 0 Å². The molecular weight excluding hydrogens is 268 g/mol. The van der Waals surface area contributed by atoms with Gasteiger partial charge in [0.1, 0.15) is 11.3 Å². The van der Waals surface area contributed by atoms with Crippen molar-refractivity contribution in [3.63, 3.8) is 0 Å². The van der Waals surface area contributed by atoms with E-state index in [2.05, 4.69) is 10.6 Å². The summed E-state index contributed by atoms with van der Waals surface area (Å²) < 4.78 is 5.23. The summed E-state index contributed by atoms with van der Waals surface area (Å²) in [6.07, 6.45) is 7.05. The second kappa shape index (κ2) is 7.29. The zero-order valence-corrected chi connectivity index (χ0v) is 12.6. The van der Waals surface area contributed by atoms with E-state index >= 15 is 0 Å². The third-order valence-electron chi connectivity index (χ3n) is 4.04. The maximum absolute atomic E-state index is 12.3. The Morgan fingerprint density at radius 2 is 2.05 bits per heavy atom. The molecule has 1 aromatic heterocycles. The first-order chi connectivity index (χ1) is 10.2. The zero-order chi connectivity index (χ0) is 15.1. The molecule has 5 heteroatoms. The van der Waals surface area contributed by atoms with Crippen molar-refractivity contribution in [1.82, 2.24) is 10.6 Å². The van der Waals surface area contributed by atoms with E-state index < -0.39 is 5.54 Å². The van der Waals surface area contributed by atoms with Gasteiger partial charge in [0.15, 0.2) is 0 Å². The standard InChI is InChI=1S/C16H24N2O3/c1-2-17-15(20)16(10-4-3-5-11-16)18-14(19)9-8-13-7-6-12-21-13/h6-7,12H,2-5,8-11H2,1H3,(H,17,20)(H,18,19). The zero-order valence-electron chi connectivity index (χ0n) is 12.6. The number of carbonyl (C=O) groups is 2. The molecule has 1 fully saturated rings. The van der Waals surface area contributed by atoms with Crippen LogP contribution in [0.2, 0.25) is 0 Å². The average molecular weight is 292 g/mol. The summed E-state index contributed by atoms with van der Waals surface area (Å²) in [4.78, 5) is 24.5. The molecule has 0 saturated heterocycles. The van der Waals surface area contributed by atoms with Crippen LogP contribution in [0.1, 0.15) is 51.2 Å². The molecule has 1 aliphatic carbocycles. The van der Waals surface area contributed by atoms with E-state index in [-0.39, 0.29) is 11.8 Å². The Kier molecular flexibility index (Phi) is 5.42. The largest absolute Gasteiger partial charge is 0.469 e. The summed E-state index contributed by atoms with van der Waals surface area (Å²) in [5, 5.41) is 5.85. The number of likely N-dealkylation sites (N-methyl/N-ethyl adjacent to an activating group) is 1. The van der Waals surface area contributed by atoms with Crippen molar-refractivity contribution in [2.45, 2.75) is 57.4 Å². The van der Waals surface area contributed by atoms with Gasteiger partial charge < -0.3 is 15.1 Å². The van der Waals surface area contributed by atoms with Crippen LogP contribution < -0.4 is 10.6 Å². The van der Waals surface area contributed by atoms with Gasteiger partial charge in [0, 0.05) is 19.4 Å². The third-order valence-corrected chi connectivity index (χ3v) is 4.04. The van der Waals surface area contributed by atoms with Crippen LogP contribution in [0.5, 0.6) is 0 Å². The lowest BCUT2D eigenvalue weighted by molar-refractivity contribution is -0.135. The smallest absolute Gasteiger partial charge is 0.245 e. The van der Waals surface area contributed by atoms with Gasteiger partial charge in [-0.25, -0.2) is 0 Å². The van der Waals surface area contributed by atoms with E-state index in [1.54, 1.807) is 6.26 Å². The highest BCUT2D eigenvalue weighted by atomic mass is 16.3. The molecule has 0 atom stereocenters. The van der Waals surface area contributed by atoms with Crippen LogP contribution in [0, 0.1) is 0 Å². The van der Waals surface area contributed by atoms with E-state index in [1.165, 1.54) is 0 Å². The number of carbonyl (C=O) groups excluding carboxylic acids is 2. The minimum absolute atomic E-state index is 0.0453. The third kappa shape index (κ3) is 4.09. The molecular formula is C16H24N2O3. The fourth-order valence-corrected chi connectivity index (χ4v) is 2.91. The summed E-state index contributed by atoms with van der Waals surface area (Å²) >= 11 is 0. The Morgan fingerprint density at radius 1 is 1.29 bits per heavy atom. The lowest BCUT2D eigenvalue weighted by atomic mass is 9.80. The molecule has 0 unspecified atom stereocenters. The Balaban J connectivity index is 1.94. The molecule has 21 heavy (non-hydrogen) atoms. The van der Waals surface area contributed by atoms with Crippen LogP contribution >= 0.6 is 0 Å². The molecule has 2 N–H and O–H groups in total. The summed E-state index contributed by atoms with van der Waals surface area (Å²) in [6.45, 7) is 2.48. The van der Waals surface area contributed by atoms with Crippen molar-refractivity contribution >= 4 is 11.8 Å². The van der Waals surface area contributed by atoms with Crippen LogP contribution in [0.25, 0.3) is 0 Å². The second-order valence-electron chi connectivity index (χ2n) is 5.63. The van der Waals surface area contributed by atoms with Crippen molar-refractivity contribution in [3.05, 3.63) is 24.2 Å². The molecule has 0 aliphatic heterocycles. The van der Waals surface area contributed by atoms with Crippen molar-refractivity contribution in [2.75, 3.05) is 6.54 Å². The summed E-state index contributed by atoms with van der Waals surface area (Å²) in [5.74, 6) is 0.663. The molecule has 0 bridgehead atoms. The number of nitrogens with one attached hydrogen (secondary N) is 2. The lowest BCUT2D eigenvalue weighted by Crippen LogP contribution is -2.59. The minimum Gasteiger partial charge on any atom is -0.469 e. The van der Waals surface area contributed by atoms with Crippen molar-refractivity contribution in [3.8, 4) is 0 Å². The van der Waals surface area contributed by atoms with Crippen LogP contribution in [-0.2, 0) is 16.0 Å². The van der Waals surface area contributed by atoms with Gasteiger partial charge in [0.2, 0.25) is 11.8 Å². The topological polar surface area (TPSA) is 71.3 Å². The van der Waals surface area contributed by atoms with Gasteiger partial charge in [-0.2, -0.15) is 0 Å². The number of rotatable bonds is 6. The highest BCUT2D eigenvalue weighted by molar-refractivity contribution is 5.91. The molecule has 1 saturated carbocycles. The Hall–Kier alpha value is -1.78. The predicted octanol–water partition coefficient (Wildman–Crippen LogP) is 2.17. The molecule has 116 valence electrons. The second-order valence-corrected chi connectivity index (χ2v) is 5.63. The quantitative estimate of drug-likeness (QED) is 0.844. The van der Waals surface area contributed by atoms with Crippen LogP contribution in [-0.4, -0.2) is 23.9 Å². The average Bonchev–Trinajstić information content (AvgIpc) is 3.00. The summed E-state index contributed by atoms with van der Waals surface area (Å²) in [6, 6.07) is 3.66. The molecule has 1 aromatic rings. The molecule has 0 spiro atoms. The molecule has 0 radical (unpaired) electrons. The molecule has 2 amide bonds. The van der Waals surface area contributed by atoms with Gasteiger partial charge in [0.25, 0.3) is 0 Å². The Morgan fingerprint density at radius 3 is 2.67 bits per heavy atom. The van der Waals surface area contributed by atoms with Crippen molar-refractivity contribution < 1.29 is 14.0 Å². The first-order valence-corrected chi connectivity index (χ1v) is 7.78. The van der Waals surface area contributed by atoms with Crippen LogP contribution in [0.15, 0.2) is 22.8 Å². The molecule has 2 rings (SSSR count). The first-order valence-electron chi connectivity index (χ1n) is 7.78. The normalized spacial score (nSPS) is 17.2. The number of aryl methyl sites for hydroxylation is 1. The minimum atomic E-state index is -0.714. The maximum atomic E-state index is 12.3. The molecule has 1 heterocycles. The van der Waals surface area contributed by atoms with E-state index in [4.69, 9.17) is 4.42 Å². The van der Waals surface area contributed by atoms with Gasteiger partial charge in [-0.1, -0.05) is 19.3 Å².